The zero-order chi connectivity index (χ0) is 6.78. The van der Waals surface area contributed by atoms with Crippen LogP contribution in [0.1, 0.15) is 27.2 Å². The highest BCUT2D eigenvalue weighted by atomic mass is 35.5. The van der Waals surface area contributed by atoms with Gasteiger partial charge in [-0.2, -0.15) is 0 Å². The van der Waals surface area contributed by atoms with Gasteiger partial charge in [0.15, 0.2) is 0 Å². The summed E-state index contributed by atoms with van der Waals surface area (Å²) < 4.78 is 1.19. The molecular formula is C5H11Cl2N. The Bertz CT molecular complexity index is 70.8. The number of hydrogen-bond acceptors (Lipinski definition) is 1. The summed E-state index contributed by atoms with van der Waals surface area (Å²) in [5.74, 6) is 0. The molecule has 8 heavy (non-hydrogen) atoms. The van der Waals surface area contributed by atoms with E-state index in [1.165, 1.54) is 3.94 Å². The van der Waals surface area contributed by atoms with Gasteiger partial charge in [0, 0.05) is 5.54 Å². The molecule has 0 amide bonds. The van der Waals surface area contributed by atoms with E-state index < -0.39 is 0 Å². The molecule has 0 bridgehead atoms. The van der Waals surface area contributed by atoms with Crippen LogP contribution in [0.2, 0.25) is 0 Å². The zero-order valence-electron chi connectivity index (χ0n) is 5.41. The van der Waals surface area contributed by atoms with E-state index in [2.05, 4.69) is 0 Å². The summed E-state index contributed by atoms with van der Waals surface area (Å²) in [7, 11) is 0. The molecule has 0 unspecified atom stereocenters. The van der Waals surface area contributed by atoms with E-state index in [0.29, 0.717) is 0 Å². The van der Waals surface area contributed by atoms with Crippen LogP contribution in [0.5, 0.6) is 0 Å². The Morgan fingerprint density at radius 1 is 1.38 bits per heavy atom. The third-order valence-corrected chi connectivity index (χ3v) is 2.24. The van der Waals surface area contributed by atoms with Gasteiger partial charge in [0.1, 0.15) is 0 Å². The van der Waals surface area contributed by atoms with E-state index in [1.807, 2.05) is 20.8 Å². The molecule has 0 saturated heterocycles. The minimum atomic E-state index is -0.0941. The summed E-state index contributed by atoms with van der Waals surface area (Å²) in [6.07, 6.45) is 0.944. The minimum absolute atomic E-state index is 0.0941. The molecule has 0 saturated carbocycles. The highest BCUT2D eigenvalue weighted by Gasteiger charge is 2.20. The molecule has 0 aliphatic carbocycles. The van der Waals surface area contributed by atoms with Crippen molar-refractivity contribution in [3.8, 4) is 0 Å². The first-order valence-corrected chi connectivity index (χ1v) is 3.30. The molecule has 0 heterocycles. The molecule has 0 aliphatic rings. The second-order valence-corrected chi connectivity index (χ2v) is 3.25. The fraction of sp³-hybridized carbons (Fsp3) is 1.00. The van der Waals surface area contributed by atoms with Gasteiger partial charge in [0.05, 0.1) is 0 Å². The van der Waals surface area contributed by atoms with Crippen molar-refractivity contribution in [2.45, 2.75) is 32.7 Å². The summed E-state index contributed by atoms with van der Waals surface area (Å²) in [5, 5.41) is 0. The van der Waals surface area contributed by atoms with E-state index >= 15 is 0 Å². The molecule has 0 atom stereocenters. The maximum atomic E-state index is 5.47. The number of hydrogen-bond donors (Lipinski definition) is 0. The Morgan fingerprint density at radius 3 is 1.75 bits per heavy atom. The number of halogens is 2. The maximum Gasteiger partial charge on any atom is 0.0467 e. The summed E-state index contributed by atoms with van der Waals surface area (Å²) in [5.41, 5.74) is -0.0941. The Balaban J connectivity index is 3.71. The predicted molar refractivity (Wildman–Crippen MR) is 37.9 cm³/mol. The van der Waals surface area contributed by atoms with Crippen LogP contribution in [0.25, 0.3) is 0 Å². The van der Waals surface area contributed by atoms with Gasteiger partial charge in [-0.05, 0) is 43.8 Å². The molecule has 0 radical (unpaired) electrons. The average Bonchev–Trinajstić information content (AvgIpc) is 1.67. The highest BCUT2D eigenvalue weighted by Crippen LogP contribution is 2.22. The fourth-order valence-electron chi connectivity index (χ4n) is 0.120. The van der Waals surface area contributed by atoms with Crippen molar-refractivity contribution in [2.24, 2.45) is 0 Å². The van der Waals surface area contributed by atoms with Crippen molar-refractivity contribution < 1.29 is 0 Å². The molecule has 0 aliphatic heterocycles. The minimum Gasteiger partial charge on any atom is -0.126 e. The molecule has 0 aromatic rings. The molecule has 0 spiro atoms. The van der Waals surface area contributed by atoms with Crippen molar-refractivity contribution in [1.82, 2.24) is 3.94 Å². The molecule has 0 aromatic heterocycles. The third-order valence-electron chi connectivity index (χ3n) is 1.32. The lowest BCUT2D eigenvalue weighted by Gasteiger charge is -2.25. The van der Waals surface area contributed by atoms with E-state index in [0.717, 1.165) is 6.42 Å². The van der Waals surface area contributed by atoms with Crippen molar-refractivity contribution in [3.05, 3.63) is 0 Å². The number of rotatable bonds is 2. The molecule has 0 fully saturated rings. The van der Waals surface area contributed by atoms with Gasteiger partial charge in [-0.1, -0.05) is 6.92 Å². The smallest absolute Gasteiger partial charge is 0.0467 e. The van der Waals surface area contributed by atoms with Crippen molar-refractivity contribution >= 4 is 23.6 Å². The standard InChI is InChI=1S/C5H11Cl2N/c1-4-5(2,3)8(6)7/h4H2,1-3H3. The van der Waals surface area contributed by atoms with E-state index in [4.69, 9.17) is 23.6 Å². The predicted octanol–water partition coefficient (Wildman–Crippen LogP) is 2.78. The maximum absolute atomic E-state index is 5.47. The summed E-state index contributed by atoms with van der Waals surface area (Å²) in [4.78, 5) is 0. The highest BCUT2D eigenvalue weighted by molar-refractivity contribution is 6.34. The normalized spacial score (nSPS) is 12.8. The van der Waals surface area contributed by atoms with Crippen molar-refractivity contribution in [3.63, 3.8) is 0 Å². The van der Waals surface area contributed by atoms with Gasteiger partial charge in [-0.25, -0.2) is 0 Å². The van der Waals surface area contributed by atoms with Crippen LogP contribution in [-0.2, 0) is 0 Å². The van der Waals surface area contributed by atoms with Crippen LogP contribution in [0, 0.1) is 0 Å². The lowest BCUT2D eigenvalue weighted by Crippen LogP contribution is -2.29. The first-order chi connectivity index (χ1) is 3.50. The van der Waals surface area contributed by atoms with Crippen LogP contribution in [0.3, 0.4) is 0 Å². The average molecular weight is 156 g/mol. The van der Waals surface area contributed by atoms with E-state index in [-0.39, 0.29) is 5.54 Å². The Morgan fingerprint density at radius 2 is 1.75 bits per heavy atom. The third kappa shape index (κ3) is 2.21. The van der Waals surface area contributed by atoms with E-state index in [9.17, 15) is 0 Å². The largest absolute Gasteiger partial charge is 0.126 e. The topological polar surface area (TPSA) is 3.24 Å². The Labute approximate surface area is 60.8 Å². The molecule has 50 valence electrons. The Hall–Kier alpha value is 0.540. The SMILES string of the molecule is CCC(C)(C)N(Cl)Cl. The van der Waals surface area contributed by atoms with Crippen molar-refractivity contribution in [1.29, 1.82) is 0 Å². The second kappa shape index (κ2) is 2.90. The summed E-state index contributed by atoms with van der Waals surface area (Å²) in [6, 6.07) is 0. The lowest BCUT2D eigenvalue weighted by molar-refractivity contribution is 0.341. The molecular weight excluding hydrogens is 145 g/mol. The summed E-state index contributed by atoms with van der Waals surface area (Å²) in [6.45, 7) is 6.00. The van der Waals surface area contributed by atoms with Gasteiger partial charge in [0.25, 0.3) is 0 Å². The number of nitrogens with zero attached hydrogens (tertiary/aromatic N) is 1. The van der Waals surface area contributed by atoms with Crippen LogP contribution in [-0.4, -0.2) is 9.48 Å². The first-order valence-electron chi connectivity index (χ1n) is 2.62. The van der Waals surface area contributed by atoms with E-state index in [1.54, 1.807) is 0 Å². The van der Waals surface area contributed by atoms with Crippen LogP contribution >= 0.6 is 23.6 Å². The molecule has 0 rings (SSSR count). The van der Waals surface area contributed by atoms with Gasteiger partial charge in [0.2, 0.25) is 0 Å². The van der Waals surface area contributed by atoms with Gasteiger partial charge in [-0.3, -0.25) is 0 Å². The zero-order valence-corrected chi connectivity index (χ0v) is 6.92. The first kappa shape index (κ1) is 8.54. The molecule has 0 aromatic carbocycles. The molecule has 3 heteroatoms. The van der Waals surface area contributed by atoms with Crippen molar-refractivity contribution in [2.75, 3.05) is 0 Å². The van der Waals surface area contributed by atoms with Crippen LogP contribution in [0.15, 0.2) is 0 Å². The second-order valence-electron chi connectivity index (χ2n) is 2.40. The van der Waals surface area contributed by atoms with Crippen LogP contribution in [0.4, 0.5) is 0 Å². The van der Waals surface area contributed by atoms with Crippen LogP contribution < -0.4 is 0 Å². The quantitative estimate of drug-likeness (QED) is 0.555. The summed E-state index contributed by atoms with van der Waals surface area (Å²) >= 11 is 10.9. The van der Waals surface area contributed by atoms with Gasteiger partial charge >= 0.3 is 0 Å². The monoisotopic (exact) mass is 155 g/mol. The molecule has 1 nitrogen and oxygen atoms in total. The van der Waals surface area contributed by atoms with Gasteiger partial charge in [-0.15, -0.1) is 3.94 Å². The molecule has 0 N–H and O–H groups in total. The van der Waals surface area contributed by atoms with Gasteiger partial charge < -0.3 is 0 Å². The Kier molecular flexibility index (Phi) is 3.10. The fourth-order valence-corrected chi connectivity index (χ4v) is 0.359. The lowest BCUT2D eigenvalue weighted by atomic mass is 10.0.